The summed E-state index contributed by atoms with van der Waals surface area (Å²) in [6.07, 6.45) is 5.10. The molecule has 184 valence electrons. The maximum atomic E-state index is 15.4. The molecule has 3 N–H and O–H groups in total. The molecule has 0 spiro atoms. The van der Waals surface area contributed by atoms with Gasteiger partial charge in [0.1, 0.15) is 5.82 Å². The molecular formula is C22H36FN7O3. The Kier molecular flexibility index (Phi) is 8.41. The molecule has 1 aromatic rings. The standard InChI is InChI=1S/C22H36FN7O3/c1-14-11-30(15(2)10-28(14)4)21-19(23)20(24-16(3)25-21)26-27-22(32)18(12-29(33)13-31)9-17-7-5-6-8-17/h13-15,17-18,33H,5-12H2,1-4H3,(H,27,32)(H,24,25,26). The van der Waals surface area contributed by atoms with E-state index in [9.17, 15) is 14.8 Å². The molecule has 3 rings (SSSR count). The monoisotopic (exact) mass is 465 g/mol. The molecule has 3 atom stereocenters. The maximum Gasteiger partial charge on any atom is 0.243 e. The molecule has 0 radical (unpaired) electrons. The molecule has 2 aliphatic rings. The molecule has 1 saturated carbocycles. The number of hydrogen-bond donors (Lipinski definition) is 3. The number of hydroxylamine groups is 2. The Morgan fingerprint density at radius 3 is 2.64 bits per heavy atom. The van der Waals surface area contributed by atoms with Crippen molar-refractivity contribution in [2.75, 3.05) is 37.0 Å². The number of carbonyl (C=O) groups is 2. The number of rotatable bonds is 9. The van der Waals surface area contributed by atoms with Gasteiger partial charge in [0.25, 0.3) is 0 Å². The van der Waals surface area contributed by atoms with Gasteiger partial charge in [-0.05, 0) is 40.2 Å². The highest BCUT2D eigenvalue weighted by molar-refractivity contribution is 5.80. The number of aryl methyl sites for hydroxylation is 1. The maximum absolute atomic E-state index is 15.4. The number of nitrogens with one attached hydrogen (secondary N) is 2. The van der Waals surface area contributed by atoms with Crippen molar-refractivity contribution < 1.29 is 19.2 Å². The topological polar surface area (TPSA) is 114 Å². The van der Waals surface area contributed by atoms with Gasteiger partial charge in [-0.2, -0.15) is 4.39 Å². The number of hydrogen-bond acceptors (Lipinski definition) is 8. The zero-order chi connectivity index (χ0) is 24.1. The molecule has 33 heavy (non-hydrogen) atoms. The number of anilines is 2. The van der Waals surface area contributed by atoms with Gasteiger partial charge < -0.3 is 4.90 Å². The van der Waals surface area contributed by atoms with Crippen LogP contribution in [0.5, 0.6) is 0 Å². The molecule has 3 unspecified atom stereocenters. The third-order valence-electron chi connectivity index (χ3n) is 6.81. The molecule has 11 heteroatoms. The summed E-state index contributed by atoms with van der Waals surface area (Å²) >= 11 is 0. The first kappa shape index (κ1) is 25.1. The fraction of sp³-hybridized carbons (Fsp3) is 0.727. The van der Waals surface area contributed by atoms with Gasteiger partial charge in [0.05, 0.1) is 12.5 Å². The zero-order valence-electron chi connectivity index (χ0n) is 19.9. The Morgan fingerprint density at radius 1 is 1.27 bits per heavy atom. The number of piperazine rings is 1. The Bertz CT molecular complexity index is 836. The minimum atomic E-state index is -0.631. The second-order valence-corrected chi connectivity index (χ2v) is 9.47. The largest absolute Gasteiger partial charge is 0.348 e. The van der Waals surface area contributed by atoms with Gasteiger partial charge in [0.15, 0.2) is 11.6 Å². The molecule has 1 aromatic heterocycles. The smallest absolute Gasteiger partial charge is 0.243 e. The van der Waals surface area contributed by atoms with E-state index in [0.29, 0.717) is 29.8 Å². The van der Waals surface area contributed by atoms with Gasteiger partial charge in [-0.3, -0.25) is 30.5 Å². The molecule has 10 nitrogen and oxygen atoms in total. The van der Waals surface area contributed by atoms with Gasteiger partial charge in [0, 0.05) is 25.2 Å². The van der Waals surface area contributed by atoms with E-state index in [1.807, 2.05) is 18.9 Å². The summed E-state index contributed by atoms with van der Waals surface area (Å²) < 4.78 is 15.4. The molecular weight excluding hydrogens is 429 g/mol. The first-order valence-corrected chi connectivity index (χ1v) is 11.7. The van der Waals surface area contributed by atoms with Crippen molar-refractivity contribution in [1.82, 2.24) is 25.4 Å². The van der Waals surface area contributed by atoms with E-state index in [4.69, 9.17) is 0 Å². The average molecular weight is 466 g/mol. The third-order valence-corrected chi connectivity index (χ3v) is 6.81. The average Bonchev–Trinajstić information content (AvgIpc) is 3.29. The van der Waals surface area contributed by atoms with Crippen molar-refractivity contribution in [3.05, 3.63) is 11.6 Å². The van der Waals surface area contributed by atoms with Crippen molar-refractivity contribution in [1.29, 1.82) is 0 Å². The van der Waals surface area contributed by atoms with Gasteiger partial charge in [-0.15, -0.1) is 0 Å². The summed E-state index contributed by atoms with van der Waals surface area (Å²) in [7, 11) is 2.04. The zero-order valence-corrected chi connectivity index (χ0v) is 19.9. The molecule has 1 aliphatic carbocycles. The lowest BCUT2D eigenvalue weighted by Gasteiger charge is -2.43. The predicted octanol–water partition coefficient (Wildman–Crippen LogP) is 1.94. The minimum absolute atomic E-state index is 0.0621. The van der Waals surface area contributed by atoms with E-state index in [1.165, 1.54) is 0 Å². The SMILES string of the molecule is Cc1nc(NNC(=O)C(CC2CCCC2)CN(O)C=O)c(F)c(N2CC(C)N(C)CC2C)n1. The molecule has 2 amide bonds. The van der Waals surface area contributed by atoms with Crippen LogP contribution in [-0.2, 0) is 9.59 Å². The first-order chi connectivity index (χ1) is 15.7. The molecule has 2 fully saturated rings. The van der Waals surface area contributed by atoms with Crippen LogP contribution < -0.4 is 15.8 Å². The Labute approximate surface area is 194 Å². The van der Waals surface area contributed by atoms with E-state index in [-0.39, 0.29) is 36.7 Å². The summed E-state index contributed by atoms with van der Waals surface area (Å²) in [6.45, 7) is 7.06. The highest BCUT2D eigenvalue weighted by atomic mass is 19.1. The quantitative estimate of drug-likeness (QED) is 0.288. The molecule has 0 aromatic carbocycles. The fourth-order valence-corrected chi connectivity index (χ4v) is 4.82. The highest BCUT2D eigenvalue weighted by Gasteiger charge is 2.31. The van der Waals surface area contributed by atoms with Gasteiger partial charge in [0.2, 0.25) is 18.1 Å². The molecule has 1 saturated heterocycles. The second kappa shape index (κ2) is 11.1. The summed E-state index contributed by atoms with van der Waals surface area (Å²) in [6, 6.07) is 0.301. The first-order valence-electron chi connectivity index (χ1n) is 11.7. The Morgan fingerprint density at radius 2 is 1.97 bits per heavy atom. The van der Waals surface area contributed by atoms with Crippen molar-refractivity contribution >= 4 is 24.0 Å². The van der Waals surface area contributed by atoms with E-state index in [1.54, 1.807) is 6.92 Å². The van der Waals surface area contributed by atoms with E-state index < -0.39 is 17.6 Å². The van der Waals surface area contributed by atoms with Gasteiger partial charge in [-0.1, -0.05) is 25.7 Å². The van der Waals surface area contributed by atoms with Crippen LogP contribution >= 0.6 is 0 Å². The van der Waals surface area contributed by atoms with Crippen LogP contribution in [0.3, 0.4) is 0 Å². The minimum Gasteiger partial charge on any atom is -0.348 e. The van der Waals surface area contributed by atoms with Crippen molar-refractivity contribution in [2.45, 2.75) is 65.0 Å². The van der Waals surface area contributed by atoms with Crippen molar-refractivity contribution in [3.63, 3.8) is 0 Å². The van der Waals surface area contributed by atoms with E-state index in [0.717, 1.165) is 32.2 Å². The number of aromatic nitrogens is 2. The molecule has 1 aliphatic heterocycles. The molecule has 0 bridgehead atoms. The summed E-state index contributed by atoms with van der Waals surface area (Å²) in [5.74, 6) is -0.842. The van der Waals surface area contributed by atoms with E-state index in [2.05, 4.69) is 32.6 Å². The number of halogens is 1. The van der Waals surface area contributed by atoms with Crippen LogP contribution in [0.15, 0.2) is 0 Å². The Balaban J connectivity index is 1.72. The number of carbonyl (C=O) groups excluding carboxylic acids is 2. The third kappa shape index (κ3) is 6.29. The number of nitrogens with zero attached hydrogens (tertiary/aromatic N) is 5. The second-order valence-electron chi connectivity index (χ2n) is 9.47. The lowest BCUT2D eigenvalue weighted by Crippen LogP contribution is -2.55. The van der Waals surface area contributed by atoms with Crippen LogP contribution in [0.2, 0.25) is 0 Å². The van der Waals surface area contributed by atoms with Crippen LogP contribution in [0.25, 0.3) is 0 Å². The summed E-state index contributed by atoms with van der Waals surface area (Å²) in [4.78, 5) is 36.4. The molecule has 2 heterocycles. The fourth-order valence-electron chi connectivity index (χ4n) is 4.82. The van der Waals surface area contributed by atoms with Crippen molar-refractivity contribution in [3.8, 4) is 0 Å². The highest BCUT2D eigenvalue weighted by Crippen LogP contribution is 2.31. The van der Waals surface area contributed by atoms with Crippen LogP contribution in [-0.4, -0.2) is 76.2 Å². The van der Waals surface area contributed by atoms with E-state index >= 15 is 4.39 Å². The van der Waals surface area contributed by atoms with Crippen LogP contribution in [0.1, 0.15) is 51.8 Å². The number of hydrazine groups is 1. The van der Waals surface area contributed by atoms with Gasteiger partial charge in [-0.25, -0.2) is 15.0 Å². The number of likely N-dealkylation sites (N-methyl/N-ethyl adjacent to an activating group) is 1. The summed E-state index contributed by atoms with van der Waals surface area (Å²) in [5.41, 5.74) is 5.14. The van der Waals surface area contributed by atoms with Crippen LogP contribution in [0.4, 0.5) is 16.0 Å². The van der Waals surface area contributed by atoms with Crippen molar-refractivity contribution in [2.24, 2.45) is 11.8 Å². The lowest BCUT2D eigenvalue weighted by molar-refractivity contribution is -0.154. The van der Waals surface area contributed by atoms with Gasteiger partial charge >= 0.3 is 0 Å². The Hall–Kier alpha value is -2.53. The predicted molar refractivity (Wildman–Crippen MR) is 122 cm³/mol. The summed E-state index contributed by atoms with van der Waals surface area (Å²) in [5, 5.41) is 10.1. The normalized spacial score (nSPS) is 22.8. The van der Waals surface area contributed by atoms with Crippen LogP contribution in [0, 0.1) is 24.6 Å². The number of amides is 2. The lowest BCUT2D eigenvalue weighted by atomic mass is 9.92.